The SMILES string of the molecule is CN1CCN([C@H](CNC(=O)CCCc2cccs2)c2cccs2)CC1. The quantitative estimate of drug-likeness (QED) is 0.767. The van der Waals surface area contributed by atoms with Gasteiger partial charge in [0.05, 0.1) is 6.04 Å². The van der Waals surface area contributed by atoms with Crippen LogP contribution in [0, 0.1) is 0 Å². The number of nitrogens with zero attached hydrogens (tertiary/aromatic N) is 2. The van der Waals surface area contributed by atoms with E-state index in [0.29, 0.717) is 19.0 Å². The van der Waals surface area contributed by atoms with Crippen LogP contribution in [0.3, 0.4) is 0 Å². The number of hydrogen-bond donors (Lipinski definition) is 1. The van der Waals surface area contributed by atoms with Crippen LogP contribution in [0.4, 0.5) is 0 Å². The van der Waals surface area contributed by atoms with E-state index in [0.717, 1.165) is 39.0 Å². The molecule has 25 heavy (non-hydrogen) atoms. The molecule has 0 saturated carbocycles. The molecule has 0 spiro atoms. The lowest BCUT2D eigenvalue weighted by Gasteiger charge is -2.37. The molecule has 1 N–H and O–H groups in total. The van der Waals surface area contributed by atoms with E-state index in [1.807, 2.05) is 0 Å². The third-order valence-corrected chi connectivity index (χ3v) is 6.66. The molecule has 0 bridgehead atoms. The molecule has 6 heteroatoms. The molecule has 0 aliphatic carbocycles. The summed E-state index contributed by atoms with van der Waals surface area (Å²) in [6.45, 7) is 5.02. The van der Waals surface area contributed by atoms with Crippen LogP contribution < -0.4 is 5.32 Å². The van der Waals surface area contributed by atoms with Crippen molar-refractivity contribution in [3.8, 4) is 0 Å². The summed E-state index contributed by atoms with van der Waals surface area (Å²) < 4.78 is 0. The predicted octanol–water partition coefficient (Wildman–Crippen LogP) is 3.24. The zero-order valence-electron chi connectivity index (χ0n) is 14.8. The lowest BCUT2D eigenvalue weighted by molar-refractivity contribution is -0.121. The third-order valence-electron chi connectivity index (χ3n) is 4.75. The Morgan fingerprint density at radius 2 is 1.92 bits per heavy atom. The smallest absolute Gasteiger partial charge is 0.220 e. The Morgan fingerprint density at radius 3 is 2.60 bits per heavy atom. The van der Waals surface area contributed by atoms with Gasteiger partial charge in [0.25, 0.3) is 0 Å². The molecular formula is C19H27N3OS2. The maximum absolute atomic E-state index is 12.2. The minimum absolute atomic E-state index is 0.173. The molecule has 0 aromatic carbocycles. The number of carbonyl (C=O) groups excluding carboxylic acids is 1. The number of piperazine rings is 1. The molecule has 4 nitrogen and oxygen atoms in total. The van der Waals surface area contributed by atoms with E-state index in [4.69, 9.17) is 0 Å². The first kappa shape index (κ1) is 18.6. The molecule has 0 unspecified atom stereocenters. The maximum atomic E-state index is 12.2. The van der Waals surface area contributed by atoms with Gasteiger partial charge in [-0.05, 0) is 42.8 Å². The molecule has 3 heterocycles. The highest BCUT2D eigenvalue weighted by atomic mass is 32.1. The van der Waals surface area contributed by atoms with Crippen LogP contribution in [0.2, 0.25) is 0 Å². The summed E-state index contributed by atoms with van der Waals surface area (Å²) in [7, 11) is 2.17. The topological polar surface area (TPSA) is 35.6 Å². The first-order valence-corrected chi connectivity index (χ1v) is 10.7. The second-order valence-corrected chi connectivity index (χ2v) is 8.62. The molecule has 1 atom stereocenters. The Labute approximate surface area is 158 Å². The molecule has 1 saturated heterocycles. The van der Waals surface area contributed by atoms with Gasteiger partial charge in [-0.15, -0.1) is 22.7 Å². The van der Waals surface area contributed by atoms with Crippen molar-refractivity contribution in [3.05, 3.63) is 44.8 Å². The van der Waals surface area contributed by atoms with Crippen molar-refractivity contribution in [2.45, 2.75) is 25.3 Å². The standard InChI is InChI=1S/C19H27N3OS2/c1-21-9-11-22(12-10-21)17(18-7-4-14-25-18)15-20-19(23)8-2-5-16-6-3-13-24-16/h3-4,6-7,13-14,17H,2,5,8-12,15H2,1H3,(H,20,23)/t17-/m1/s1. The van der Waals surface area contributed by atoms with Gasteiger partial charge in [0.2, 0.25) is 5.91 Å². The van der Waals surface area contributed by atoms with E-state index in [-0.39, 0.29) is 5.91 Å². The average Bonchev–Trinajstić information content (AvgIpc) is 3.30. The molecule has 3 rings (SSSR count). The van der Waals surface area contributed by atoms with Gasteiger partial charge in [-0.25, -0.2) is 0 Å². The zero-order valence-corrected chi connectivity index (χ0v) is 16.5. The number of nitrogens with one attached hydrogen (secondary N) is 1. The van der Waals surface area contributed by atoms with Gasteiger partial charge in [0.15, 0.2) is 0 Å². The number of hydrogen-bond acceptors (Lipinski definition) is 5. The Balaban J connectivity index is 1.47. The number of aryl methyl sites for hydroxylation is 1. The van der Waals surface area contributed by atoms with Gasteiger partial charge in [-0.2, -0.15) is 0 Å². The maximum Gasteiger partial charge on any atom is 0.220 e. The number of amides is 1. The van der Waals surface area contributed by atoms with Crippen LogP contribution in [0.15, 0.2) is 35.0 Å². The zero-order chi connectivity index (χ0) is 17.5. The summed E-state index contributed by atoms with van der Waals surface area (Å²) in [5.74, 6) is 0.173. The van der Waals surface area contributed by atoms with E-state index in [9.17, 15) is 4.79 Å². The van der Waals surface area contributed by atoms with Gasteiger partial charge in [-0.1, -0.05) is 12.1 Å². The second kappa shape index (κ2) is 9.48. The number of thiophene rings is 2. The molecule has 1 aliphatic rings. The van der Waals surface area contributed by atoms with Gasteiger partial charge >= 0.3 is 0 Å². The van der Waals surface area contributed by atoms with Crippen LogP contribution in [0.5, 0.6) is 0 Å². The van der Waals surface area contributed by atoms with E-state index in [2.05, 4.69) is 57.2 Å². The van der Waals surface area contributed by atoms with Gasteiger partial charge in [-0.3, -0.25) is 9.69 Å². The van der Waals surface area contributed by atoms with E-state index >= 15 is 0 Å². The van der Waals surface area contributed by atoms with Crippen molar-refractivity contribution in [1.82, 2.24) is 15.1 Å². The summed E-state index contributed by atoms with van der Waals surface area (Å²) in [5, 5.41) is 7.40. The summed E-state index contributed by atoms with van der Waals surface area (Å²) in [6, 6.07) is 8.81. The van der Waals surface area contributed by atoms with Crippen molar-refractivity contribution in [2.75, 3.05) is 39.8 Å². The Bertz CT molecular complexity index is 619. The first-order chi connectivity index (χ1) is 12.2. The van der Waals surface area contributed by atoms with E-state index in [1.54, 1.807) is 22.7 Å². The average molecular weight is 378 g/mol. The van der Waals surface area contributed by atoms with Crippen molar-refractivity contribution in [3.63, 3.8) is 0 Å². The number of rotatable bonds is 8. The molecule has 1 amide bonds. The number of carbonyl (C=O) groups is 1. The fraction of sp³-hybridized carbons (Fsp3) is 0.526. The van der Waals surface area contributed by atoms with Crippen LogP contribution in [-0.4, -0.2) is 55.5 Å². The highest BCUT2D eigenvalue weighted by molar-refractivity contribution is 7.10. The molecule has 0 radical (unpaired) electrons. The second-order valence-electron chi connectivity index (χ2n) is 6.61. The summed E-state index contributed by atoms with van der Waals surface area (Å²) in [6.07, 6.45) is 2.53. The Kier molecular flexibility index (Phi) is 7.04. The van der Waals surface area contributed by atoms with Crippen molar-refractivity contribution >= 4 is 28.6 Å². The predicted molar refractivity (Wildman–Crippen MR) is 106 cm³/mol. The number of likely N-dealkylation sites (N-methyl/N-ethyl adjacent to an activating group) is 1. The minimum atomic E-state index is 0.173. The molecule has 136 valence electrons. The first-order valence-electron chi connectivity index (χ1n) is 8.97. The van der Waals surface area contributed by atoms with Crippen LogP contribution in [-0.2, 0) is 11.2 Å². The van der Waals surface area contributed by atoms with Crippen molar-refractivity contribution in [2.24, 2.45) is 0 Å². The van der Waals surface area contributed by atoms with Crippen LogP contribution in [0.1, 0.15) is 28.6 Å². The monoisotopic (exact) mass is 377 g/mol. The molecule has 2 aromatic heterocycles. The van der Waals surface area contributed by atoms with E-state index < -0.39 is 0 Å². The van der Waals surface area contributed by atoms with Crippen molar-refractivity contribution in [1.29, 1.82) is 0 Å². The van der Waals surface area contributed by atoms with Crippen LogP contribution >= 0.6 is 22.7 Å². The largest absolute Gasteiger partial charge is 0.354 e. The summed E-state index contributed by atoms with van der Waals surface area (Å²) >= 11 is 3.56. The minimum Gasteiger partial charge on any atom is -0.354 e. The van der Waals surface area contributed by atoms with Gasteiger partial charge in [0, 0.05) is 48.9 Å². The highest BCUT2D eigenvalue weighted by Crippen LogP contribution is 2.25. The fourth-order valence-corrected chi connectivity index (χ4v) is 4.81. The normalized spacial score (nSPS) is 17.5. The van der Waals surface area contributed by atoms with Crippen LogP contribution in [0.25, 0.3) is 0 Å². The molecule has 1 aliphatic heterocycles. The fourth-order valence-electron chi connectivity index (χ4n) is 3.20. The summed E-state index contributed by atoms with van der Waals surface area (Å²) in [5.41, 5.74) is 0. The van der Waals surface area contributed by atoms with Gasteiger partial charge in [0.1, 0.15) is 0 Å². The molecule has 1 fully saturated rings. The van der Waals surface area contributed by atoms with E-state index in [1.165, 1.54) is 9.75 Å². The summed E-state index contributed by atoms with van der Waals surface area (Å²) in [4.78, 5) is 19.8. The molecule has 2 aromatic rings. The Morgan fingerprint density at radius 1 is 1.16 bits per heavy atom. The Hall–Kier alpha value is -1.21. The van der Waals surface area contributed by atoms with Crippen molar-refractivity contribution < 1.29 is 4.79 Å². The lowest BCUT2D eigenvalue weighted by Crippen LogP contribution is -2.48. The molecular weight excluding hydrogens is 350 g/mol. The highest BCUT2D eigenvalue weighted by Gasteiger charge is 2.24. The lowest BCUT2D eigenvalue weighted by atomic mass is 10.1. The third kappa shape index (κ3) is 5.64. The van der Waals surface area contributed by atoms with Gasteiger partial charge < -0.3 is 10.2 Å².